The lowest BCUT2D eigenvalue weighted by atomic mass is 10.2. The molecule has 0 aliphatic carbocycles. The predicted molar refractivity (Wildman–Crippen MR) is 177 cm³/mol. The number of benzene rings is 3. The second-order valence-electron chi connectivity index (χ2n) is 9.81. The van der Waals surface area contributed by atoms with Crippen LogP contribution in [0.1, 0.15) is 35.5 Å². The van der Waals surface area contributed by atoms with E-state index in [9.17, 15) is 4.57 Å². The SMILES string of the molecule is CCOP(=O)(C=Cc1cn(-c2ccccc2)nc1OCc1ccc(OCc2nc(-c3ccccc3)sc2C)c(OC)c1)OCC. The fourth-order valence-corrected chi connectivity index (χ4v) is 6.68. The lowest BCUT2D eigenvalue weighted by molar-refractivity contribution is 0.229. The van der Waals surface area contributed by atoms with Gasteiger partial charge in [0.25, 0.3) is 0 Å². The Balaban J connectivity index is 1.31. The average molecular weight is 646 g/mol. The highest BCUT2D eigenvalue weighted by atomic mass is 32.1. The van der Waals surface area contributed by atoms with Gasteiger partial charge in [-0.1, -0.05) is 54.6 Å². The number of aryl methyl sites for hydroxylation is 1. The maximum Gasteiger partial charge on any atom is 0.354 e. The third kappa shape index (κ3) is 8.29. The smallest absolute Gasteiger partial charge is 0.354 e. The van der Waals surface area contributed by atoms with Crippen molar-refractivity contribution in [2.24, 2.45) is 0 Å². The van der Waals surface area contributed by atoms with E-state index in [1.165, 1.54) is 5.82 Å². The van der Waals surface area contributed by atoms with Gasteiger partial charge in [-0.15, -0.1) is 16.4 Å². The van der Waals surface area contributed by atoms with Crippen LogP contribution >= 0.6 is 18.9 Å². The van der Waals surface area contributed by atoms with E-state index < -0.39 is 7.60 Å². The van der Waals surface area contributed by atoms with E-state index in [0.717, 1.165) is 32.4 Å². The molecule has 2 aromatic heterocycles. The van der Waals surface area contributed by atoms with Gasteiger partial charge in [-0.2, -0.15) is 0 Å². The normalized spacial score (nSPS) is 11.6. The number of thiazole rings is 1. The van der Waals surface area contributed by atoms with Crippen LogP contribution in [-0.4, -0.2) is 35.1 Å². The van der Waals surface area contributed by atoms with E-state index in [1.54, 1.807) is 43.1 Å². The van der Waals surface area contributed by atoms with Crippen LogP contribution in [-0.2, 0) is 26.8 Å². The van der Waals surface area contributed by atoms with Crippen LogP contribution in [0.25, 0.3) is 22.3 Å². The van der Waals surface area contributed by atoms with E-state index in [-0.39, 0.29) is 19.8 Å². The maximum atomic E-state index is 13.1. The van der Waals surface area contributed by atoms with Gasteiger partial charge in [-0.3, -0.25) is 4.57 Å². The summed E-state index contributed by atoms with van der Waals surface area (Å²) >= 11 is 1.65. The molecule has 0 saturated heterocycles. The van der Waals surface area contributed by atoms with Crippen LogP contribution < -0.4 is 14.2 Å². The number of hydrogen-bond donors (Lipinski definition) is 0. The number of ether oxygens (including phenoxy) is 3. The summed E-state index contributed by atoms with van der Waals surface area (Å²) in [5, 5.41) is 5.62. The fraction of sp³-hybridized carbons (Fsp3) is 0.235. The maximum absolute atomic E-state index is 13.1. The van der Waals surface area contributed by atoms with Gasteiger partial charge >= 0.3 is 7.60 Å². The second kappa shape index (κ2) is 15.2. The lowest BCUT2D eigenvalue weighted by Crippen LogP contribution is -2.02. The summed E-state index contributed by atoms with van der Waals surface area (Å²) < 4.78 is 43.6. The van der Waals surface area contributed by atoms with Crippen molar-refractivity contribution in [3.05, 3.63) is 113 Å². The highest BCUT2D eigenvalue weighted by molar-refractivity contribution is 7.57. The van der Waals surface area contributed by atoms with E-state index >= 15 is 0 Å². The Morgan fingerprint density at radius 2 is 1.60 bits per heavy atom. The van der Waals surface area contributed by atoms with Crippen molar-refractivity contribution in [3.63, 3.8) is 0 Å². The molecular formula is C34H36N3O6PS. The molecule has 0 N–H and O–H groups in total. The first kappa shape index (κ1) is 32.2. The van der Waals surface area contributed by atoms with E-state index in [0.29, 0.717) is 29.5 Å². The van der Waals surface area contributed by atoms with Crippen molar-refractivity contribution in [1.82, 2.24) is 14.8 Å². The molecular weight excluding hydrogens is 609 g/mol. The van der Waals surface area contributed by atoms with Gasteiger partial charge in [0.15, 0.2) is 11.5 Å². The molecule has 3 aromatic carbocycles. The molecule has 2 heterocycles. The molecule has 0 radical (unpaired) electrons. The molecule has 9 nitrogen and oxygen atoms in total. The summed E-state index contributed by atoms with van der Waals surface area (Å²) in [6.07, 6.45) is 3.47. The average Bonchev–Trinajstić information content (AvgIpc) is 3.66. The molecule has 0 saturated carbocycles. The Bertz CT molecular complexity index is 1760. The molecule has 5 rings (SSSR count). The standard InChI is InChI=1S/C34H36N3O6PS/c1-5-42-44(38,43-6-2)20-19-28-22-37(29-15-11-8-12-16-29)36-33(28)41-23-26-17-18-31(32(21-26)39-4)40-24-30-25(3)45-34(35-30)27-13-9-7-10-14-27/h7-22H,5-6,23-24H2,1-4H3. The Morgan fingerprint density at radius 3 is 2.29 bits per heavy atom. The van der Waals surface area contributed by atoms with E-state index in [2.05, 4.69) is 24.2 Å². The first-order valence-electron chi connectivity index (χ1n) is 14.6. The Morgan fingerprint density at radius 1 is 0.889 bits per heavy atom. The van der Waals surface area contributed by atoms with Crippen molar-refractivity contribution in [2.45, 2.75) is 34.0 Å². The van der Waals surface area contributed by atoms with Crippen LogP contribution in [0.3, 0.4) is 0 Å². The zero-order chi connectivity index (χ0) is 31.6. The number of methoxy groups -OCH3 is 1. The second-order valence-corrected chi connectivity index (χ2v) is 12.9. The molecule has 45 heavy (non-hydrogen) atoms. The molecule has 0 atom stereocenters. The highest BCUT2D eigenvalue weighted by Crippen LogP contribution is 2.50. The van der Waals surface area contributed by atoms with Crippen molar-refractivity contribution < 1.29 is 27.8 Å². The molecule has 0 unspecified atom stereocenters. The monoisotopic (exact) mass is 645 g/mol. The summed E-state index contributed by atoms with van der Waals surface area (Å²) in [6, 6.07) is 25.5. The van der Waals surface area contributed by atoms with Gasteiger partial charge in [-0.25, -0.2) is 9.67 Å². The predicted octanol–water partition coefficient (Wildman–Crippen LogP) is 8.71. The molecule has 11 heteroatoms. The first-order valence-corrected chi connectivity index (χ1v) is 17.0. The van der Waals surface area contributed by atoms with Gasteiger partial charge in [0.2, 0.25) is 5.88 Å². The minimum absolute atomic E-state index is 0.212. The van der Waals surface area contributed by atoms with Crippen LogP contribution in [0.5, 0.6) is 17.4 Å². The van der Waals surface area contributed by atoms with E-state index in [4.69, 9.17) is 28.2 Å². The summed E-state index contributed by atoms with van der Waals surface area (Å²) in [7, 11) is -1.81. The Labute approximate surface area is 267 Å². The number of rotatable bonds is 15. The molecule has 234 valence electrons. The van der Waals surface area contributed by atoms with Gasteiger partial charge in [0.05, 0.1) is 37.3 Å². The molecule has 5 aromatic rings. The number of para-hydroxylation sites is 1. The summed E-state index contributed by atoms with van der Waals surface area (Å²) in [6.45, 7) is 6.64. The number of hydrogen-bond acceptors (Lipinski definition) is 9. The summed E-state index contributed by atoms with van der Waals surface area (Å²) in [5.41, 5.74) is 4.31. The van der Waals surface area contributed by atoms with Crippen molar-refractivity contribution >= 4 is 25.0 Å². The van der Waals surface area contributed by atoms with Gasteiger partial charge in [0.1, 0.15) is 18.2 Å². The van der Waals surface area contributed by atoms with Crippen LogP contribution in [0.15, 0.2) is 90.9 Å². The molecule has 0 bridgehead atoms. The highest BCUT2D eigenvalue weighted by Gasteiger charge is 2.20. The quantitative estimate of drug-likeness (QED) is 0.104. The Kier molecular flexibility index (Phi) is 10.9. The number of nitrogens with zero attached hydrogens (tertiary/aromatic N) is 3. The molecule has 0 aliphatic rings. The van der Waals surface area contributed by atoms with E-state index in [1.807, 2.05) is 72.9 Å². The molecule has 0 fully saturated rings. The molecule has 0 spiro atoms. The van der Waals surface area contributed by atoms with Crippen molar-refractivity contribution in [2.75, 3.05) is 20.3 Å². The molecule has 0 aliphatic heterocycles. The van der Waals surface area contributed by atoms with Gasteiger partial charge in [0, 0.05) is 22.5 Å². The topological polar surface area (TPSA) is 93.9 Å². The lowest BCUT2D eigenvalue weighted by Gasteiger charge is -2.13. The summed E-state index contributed by atoms with van der Waals surface area (Å²) in [4.78, 5) is 5.91. The molecule has 0 amide bonds. The third-order valence-corrected chi connectivity index (χ3v) is 9.48. The largest absolute Gasteiger partial charge is 0.493 e. The first-order chi connectivity index (χ1) is 21.9. The van der Waals surface area contributed by atoms with Crippen LogP contribution in [0, 0.1) is 6.92 Å². The Hall–Kier alpha value is -4.21. The zero-order valence-corrected chi connectivity index (χ0v) is 27.4. The zero-order valence-electron chi connectivity index (χ0n) is 25.7. The fourth-order valence-electron chi connectivity index (χ4n) is 4.45. The minimum atomic E-state index is -3.41. The van der Waals surface area contributed by atoms with Crippen LogP contribution in [0.2, 0.25) is 0 Å². The van der Waals surface area contributed by atoms with Crippen molar-refractivity contribution in [1.29, 1.82) is 0 Å². The van der Waals surface area contributed by atoms with Crippen LogP contribution in [0.4, 0.5) is 0 Å². The van der Waals surface area contributed by atoms with Gasteiger partial charge < -0.3 is 23.3 Å². The third-order valence-electron chi connectivity index (χ3n) is 6.66. The van der Waals surface area contributed by atoms with Gasteiger partial charge in [-0.05, 0) is 56.7 Å². The minimum Gasteiger partial charge on any atom is -0.493 e. The summed E-state index contributed by atoms with van der Waals surface area (Å²) in [5.74, 6) is 2.99. The van der Waals surface area contributed by atoms with Crippen molar-refractivity contribution in [3.8, 4) is 33.6 Å². The number of aromatic nitrogens is 3.